The molecule has 0 saturated heterocycles. The van der Waals surface area contributed by atoms with Gasteiger partial charge >= 0.3 is 5.97 Å². The van der Waals surface area contributed by atoms with Crippen LogP contribution in [0.4, 0.5) is 0 Å². The number of hydrogen-bond donors (Lipinski definition) is 3. The van der Waals surface area contributed by atoms with Gasteiger partial charge in [-0.3, -0.25) is 9.59 Å². The zero-order chi connectivity index (χ0) is 50.2. The van der Waals surface area contributed by atoms with Crippen LogP contribution in [0.5, 0.6) is 0 Å². The molecule has 69 heavy (non-hydrogen) atoms. The van der Waals surface area contributed by atoms with E-state index in [-0.39, 0.29) is 24.9 Å². The molecule has 0 saturated carbocycles. The molecule has 0 radical (unpaired) electrons. The number of esters is 1. The Bertz CT molecular complexity index is 1180. The summed E-state index contributed by atoms with van der Waals surface area (Å²) in [6, 6.07) is -0.707. The largest absolute Gasteiger partial charge is 0.462 e. The van der Waals surface area contributed by atoms with E-state index in [0.717, 1.165) is 77.0 Å². The first-order valence-electron chi connectivity index (χ1n) is 30.4. The van der Waals surface area contributed by atoms with Gasteiger partial charge in [0.1, 0.15) is 6.10 Å². The molecule has 6 nitrogen and oxygen atoms in total. The van der Waals surface area contributed by atoms with E-state index < -0.39 is 18.2 Å². The summed E-state index contributed by atoms with van der Waals surface area (Å²) in [6.45, 7) is 6.41. The first-order valence-corrected chi connectivity index (χ1v) is 30.4. The Morgan fingerprint density at radius 1 is 0.435 bits per heavy atom. The lowest BCUT2D eigenvalue weighted by molar-refractivity contribution is -0.151. The Labute approximate surface area is 429 Å². The summed E-state index contributed by atoms with van der Waals surface area (Å²) in [5, 5.41) is 24.0. The molecule has 0 spiro atoms. The lowest BCUT2D eigenvalue weighted by Gasteiger charge is -2.24. The van der Waals surface area contributed by atoms with Crippen molar-refractivity contribution >= 4 is 11.9 Å². The molecular formula is C63H117NO5. The summed E-state index contributed by atoms with van der Waals surface area (Å²) in [6.07, 6.45) is 70.4. The van der Waals surface area contributed by atoms with Gasteiger partial charge in [0.2, 0.25) is 5.91 Å². The number of rotatable bonds is 55. The maximum Gasteiger partial charge on any atom is 0.306 e. The average molecular weight is 969 g/mol. The average Bonchev–Trinajstić information content (AvgIpc) is 3.34. The predicted molar refractivity (Wildman–Crippen MR) is 301 cm³/mol. The Morgan fingerprint density at radius 3 is 1.20 bits per heavy atom. The highest BCUT2D eigenvalue weighted by Gasteiger charge is 2.24. The third-order valence-corrected chi connectivity index (χ3v) is 13.9. The second-order valence-electron chi connectivity index (χ2n) is 20.7. The molecule has 3 atom stereocenters. The van der Waals surface area contributed by atoms with Gasteiger partial charge in [0.15, 0.2) is 0 Å². The van der Waals surface area contributed by atoms with Gasteiger partial charge in [0, 0.05) is 6.42 Å². The third kappa shape index (κ3) is 52.0. The minimum atomic E-state index is -0.792. The van der Waals surface area contributed by atoms with E-state index in [9.17, 15) is 19.8 Å². The predicted octanol–water partition coefficient (Wildman–Crippen LogP) is 19.0. The second kappa shape index (κ2) is 56.7. The molecule has 0 aliphatic heterocycles. The lowest BCUT2D eigenvalue weighted by Crippen LogP contribution is -2.46. The van der Waals surface area contributed by atoms with Crippen molar-refractivity contribution in [2.45, 2.75) is 334 Å². The number of hydrogen-bond acceptors (Lipinski definition) is 5. The van der Waals surface area contributed by atoms with Crippen LogP contribution in [0.25, 0.3) is 0 Å². The quantitative estimate of drug-likeness (QED) is 0.0321. The minimum absolute atomic E-state index is 0.0709. The van der Waals surface area contributed by atoms with E-state index in [0.29, 0.717) is 19.3 Å². The van der Waals surface area contributed by atoms with Gasteiger partial charge in [0.05, 0.1) is 25.2 Å². The van der Waals surface area contributed by atoms with E-state index >= 15 is 0 Å². The van der Waals surface area contributed by atoms with Crippen LogP contribution in [0.3, 0.4) is 0 Å². The lowest BCUT2D eigenvalue weighted by atomic mass is 10.0. The number of aliphatic hydroxyl groups is 2. The summed E-state index contributed by atoms with van der Waals surface area (Å²) in [5.41, 5.74) is 0. The Hall–Kier alpha value is -2.18. The van der Waals surface area contributed by atoms with Crippen LogP contribution in [-0.4, -0.2) is 46.9 Å². The molecule has 0 aliphatic rings. The van der Waals surface area contributed by atoms with Crippen molar-refractivity contribution < 1.29 is 24.5 Å². The standard InChI is InChI=1S/C63H117NO5/c1-4-7-10-13-16-19-22-25-28-31-33-36-39-42-45-48-51-54-59(69-63(68)56-53-50-47-44-41-38-35-30-27-24-21-18-15-12-9-6-3)57-62(67)64-60(58-65)61(66)55-52-49-46-43-40-37-34-32-29-26-23-20-17-14-11-8-5-2/h9,12,18,21,25,27-28,30,59-61,65-66H,4-8,10-11,13-17,19-20,22-24,26,29,31-58H2,1-3H3,(H,64,67)/b12-9+,21-18+,28-25+,30-27+. The van der Waals surface area contributed by atoms with Crippen LogP contribution < -0.4 is 5.32 Å². The van der Waals surface area contributed by atoms with Crippen molar-refractivity contribution in [2.75, 3.05) is 6.61 Å². The Morgan fingerprint density at radius 2 is 0.783 bits per heavy atom. The second-order valence-corrected chi connectivity index (χ2v) is 20.7. The van der Waals surface area contributed by atoms with Crippen LogP contribution in [0.1, 0.15) is 316 Å². The normalized spacial score (nSPS) is 13.4. The van der Waals surface area contributed by atoms with Gasteiger partial charge in [0.25, 0.3) is 0 Å². The van der Waals surface area contributed by atoms with Crippen molar-refractivity contribution in [1.29, 1.82) is 0 Å². The number of ether oxygens (including phenoxy) is 1. The van der Waals surface area contributed by atoms with Crippen LogP contribution in [-0.2, 0) is 14.3 Å². The van der Waals surface area contributed by atoms with Crippen LogP contribution in [0.15, 0.2) is 48.6 Å². The van der Waals surface area contributed by atoms with Gasteiger partial charge < -0.3 is 20.3 Å². The molecule has 0 bridgehead atoms. The molecule has 6 heteroatoms. The van der Waals surface area contributed by atoms with Gasteiger partial charge in [-0.2, -0.15) is 0 Å². The highest BCUT2D eigenvalue weighted by Crippen LogP contribution is 2.19. The molecule has 0 rings (SSSR count). The third-order valence-electron chi connectivity index (χ3n) is 13.9. The van der Waals surface area contributed by atoms with Gasteiger partial charge in [-0.15, -0.1) is 0 Å². The molecule has 0 aromatic rings. The molecule has 0 aliphatic carbocycles. The Balaban J connectivity index is 4.55. The molecule has 0 heterocycles. The van der Waals surface area contributed by atoms with Crippen molar-refractivity contribution in [3.63, 3.8) is 0 Å². The molecule has 3 N–H and O–H groups in total. The number of amides is 1. The number of carbonyl (C=O) groups excluding carboxylic acids is 2. The smallest absolute Gasteiger partial charge is 0.306 e. The fraction of sp³-hybridized carbons (Fsp3) is 0.841. The van der Waals surface area contributed by atoms with Gasteiger partial charge in [-0.05, 0) is 83.5 Å². The van der Waals surface area contributed by atoms with Gasteiger partial charge in [-0.1, -0.05) is 268 Å². The molecule has 0 fully saturated rings. The van der Waals surface area contributed by atoms with E-state index in [1.807, 2.05) is 0 Å². The maximum atomic E-state index is 13.3. The molecule has 3 unspecified atom stereocenters. The number of allylic oxidation sites excluding steroid dienone is 8. The van der Waals surface area contributed by atoms with Crippen molar-refractivity contribution in [3.05, 3.63) is 48.6 Å². The van der Waals surface area contributed by atoms with E-state index in [1.165, 1.54) is 193 Å². The highest BCUT2D eigenvalue weighted by atomic mass is 16.5. The number of unbranched alkanes of at least 4 members (excludes halogenated alkanes) is 35. The van der Waals surface area contributed by atoms with Crippen LogP contribution in [0.2, 0.25) is 0 Å². The zero-order valence-corrected chi connectivity index (χ0v) is 46.2. The summed E-state index contributed by atoms with van der Waals surface area (Å²) in [5.74, 6) is -0.479. The monoisotopic (exact) mass is 968 g/mol. The minimum Gasteiger partial charge on any atom is -0.462 e. The number of nitrogens with one attached hydrogen (secondary N) is 1. The van der Waals surface area contributed by atoms with E-state index in [4.69, 9.17) is 4.74 Å². The summed E-state index contributed by atoms with van der Waals surface area (Å²) < 4.78 is 5.97. The van der Waals surface area contributed by atoms with Crippen LogP contribution >= 0.6 is 0 Å². The Kier molecular flexibility index (Phi) is 54.9. The fourth-order valence-corrected chi connectivity index (χ4v) is 9.32. The van der Waals surface area contributed by atoms with Crippen molar-refractivity contribution in [3.8, 4) is 0 Å². The molecule has 1 amide bonds. The SMILES string of the molecule is CC/C=C/C/C=C/C/C=C/CCCCCCCCC(=O)OC(CCCCCCCCC/C=C/CCCCCCCC)CC(=O)NC(CO)C(O)CCCCCCCCCCCCCCCCCCC. The van der Waals surface area contributed by atoms with Crippen LogP contribution in [0, 0.1) is 0 Å². The molecular weight excluding hydrogens is 851 g/mol. The first kappa shape index (κ1) is 66.8. The molecule has 0 aromatic heterocycles. The van der Waals surface area contributed by atoms with E-state index in [2.05, 4.69) is 74.7 Å². The summed E-state index contributed by atoms with van der Waals surface area (Å²) in [4.78, 5) is 26.3. The number of carbonyl (C=O) groups is 2. The maximum absolute atomic E-state index is 13.3. The van der Waals surface area contributed by atoms with Crippen molar-refractivity contribution in [1.82, 2.24) is 5.32 Å². The molecule has 404 valence electrons. The highest BCUT2D eigenvalue weighted by molar-refractivity contribution is 5.77. The van der Waals surface area contributed by atoms with E-state index in [1.54, 1.807) is 0 Å². The zero-order valence-electron chi connectivity index (χ0n) is 46.2. The van der Waals surface area contributed by atoms with Gasteiger partial charge in [-0.25, -0.2) is 0 Å². The topological polar surface area (TPSA) is 95.9 Å². The summed E-state index contributed by atoms with van der Waals surface area (Å²) in [7, 11) is 0. The van der Waals surface area contributed by atoms with Crippen molar-refractivity contribution in [2.24, 2.45) is 0 Å². The summed E-state index contributed by atoms with van der Waals surface area (Å²) >= 11 is 0. The number of aliphatic hydroxyl groups excluding tert-OH is 2. The first-order chi connectivity index (χ1) is 34.0. The fourth-order valence-electron chi connectivity index (χ4n) is 9.32. The molecule has 0 aromatic carbocycles.